The van der Waals surface area contributed by atoms with Gasteiger partial charge >= 0.3 is 0 Å². The molecule has 1 aromatic rings. The van der Waals surface area contributed by atoms with Gasteiger partial charge < -0.3 is 5.32 Å². The summed E-state index contributed by atoms with van der Waals surface area (Å²) in [6, 6.07) is 0. The summed E-state index contributed by atoms with van der Waals surface area (Å²) in [5.41, 5.74) is 1.19. The van der Waals surface area contributed by atoms with Gasteiger partial charge in [-0.2, -0.15) is 0 Å². The van der Waals surface area contributed by atoms with Crippen molar-refractivity contribution in [2.75, 3.05) is 20.1 Å². The molecule has 1 aromatic heterocycles. The van der Waals surface area contributed by atoms with Gasteiger partial charge in [0.2, 0.25) is 5.91 Å². The van der Waals surface area contributed by atoms with Crippen molar-refractivity contribution in [2.45, 2.75) is 45.6 Å². The number of hydrogen-bond donors (Lipinski definition) is 1. The number of nitrogens with zero attached hydrogens (tertiary/aromatic N) is 2. The molecule has 5 heteroatoms. The van der Waals surface area contributed by atoms with Crippen LogP contribution in [0.5, 0.6) is 0 Å². The van der Waals surface area contributed by atoms with Crippen LogP contribution in [0.3, 0.4) is 0 Å². The van der Waals surface area contributed by atoms with E-state index >= 15 is 0 Å². The lowest BCUT2D eigenvalue weighted by molar-refractivity contribution is -0.125. The lowest BCUT2D eigenvalue weighted by atomic mass is 9.96. The SMILES string of the molecule is CCCCc1nc(CN2CCC(C(=O)NC)CC2)cs1. The highest BCUT2D eigenvalue weighted by molar-refractivity contribution is 7.09. The number of unbranched alkanes of at least 4 members (excludes halogenated alkanes) is 1. The minimum Gasteiger partial charge on any atom is -0.359 e. The average Bonchev–Trinajstić information content (AvgIpc) is 2.92. The Kier molecular flexibility index (Phi) is 5.98. The topological polar surface area (TPSA) is 45.2 Å². The van der Waals surface area contributed by atoms with Crippen molar-refractivity contribution < 1.29 is 4.79 Å². The maximum atomic E-state index is 11.6. The molecular formula is C15H25N3OS. The molecule has 1 saturated heterocycles. The van der Waals surface area contributed by atoms with E-state index in [4.69, 9.17) is 4.98 Å². The monoisotopic (exact) mass is 295 g/mol. The number of aryl methyl sites for hydroxylation is 1. The first-order chi connectivity index (χ1) is 9.72. The molecule has 1 aliphatic heterocycles. The molecule has 0 radical (unpaired) electrons. The molecule has 4 nitrogen and oxygen atoms in total. The molecule has 0 unspecified atom stereocenters. The fourth-order valence-electron chi connectivity index (χ4n) is 2.65. The molecule has 0 atom stereocenters. The van der Waals surface area contributed by atoms with Crippen molar-refractivity contribution in [3.63, 3.8) is 0 Å². The minimum absolute atomic E-state index is 0.195. The van der Waals surface area contributed by atoms with Gasteiger partial charge in [0.15, 0.2) is 0 Å². The standard InChI is InChI=1S/C15H25N3OS/c1-3-4-5-14-17-13(11-20-14)10-18-8-6-12(7-9-18)15(19)16-2/h11-12H,3-10H2,1-2H3,(H,16,19). The zero-order chi connectivity index (χ0) is 14.4. The molecule has 1 amide bonds. The maximum Gasteiger partial charge on any atom is 0.222 e. The first-order valence-electron chi connectivity index (χ1n) is 7.60. The van der Waals surface area contributed by atoms with Crippen LogP contribution in [0.4, 0.5) is 0 Å². The van der Waals surface area contributed by atoms with Crippen LogP contribution in [0.25, 0.3) is 0 Å². The molecule has 2 heterocycles. The highest BCUT2D eigenvalue weighted by atomic mass is 32.1. The van der Waals surface area contributed by atoms with Gasteiger partial charge in [-0.25, -0.2) is 4.98 Å². The van der Waals surface area contributed by atoms with E-state index < -0.39 is 0 Å². The van der Waals surface area contributed by atoms with Gasteiger partial charge in [0.25, 0.3) is 0 Å². The highest BCUT2D eigenvalue weighted by Gasteiger charge is 2.24. The Morgan fingerprint density at radius 1 is 1.50 bits per heavy atom. The van der Waals surface area contributed by atoms with Gasteiger partial charge in [0, 0.05) is 24.9 Å². The number of nitrogens with one attached hydrogen (secondary N) is 1. The number of thiazole rings is 1. The number of piperidine rings is 1. The predicted molar refractivity (Wildman–Crippen MR) is 82.8 cm³/mol. The summed E-state index contributed by atoms with van der Waals surface area (Å²) in [4.78, 5) is 18.7. The second-order valence-electron chi connectivity index (χ2n) is 5.50. The maximum absolute atomic E-state index is 11.6. The van der Waals surface area contributed by atoms with Gasteiger partial charge in [0.05, 0.1) is 10.7 Å². The molecule has 1 aliphatic rings. The molecule has 2 rings (SSSR count). The van der Waals surface area contributed by atoms with E-state index in [1.807, 2.05) is 0 Å². The molecule has 0 saturated carbocycles. The largest absolute Gasteiger partial charge is 0.359 e. The summed E-state index contributed by atoms with van der Waals surface area (Å²) in [7, 11) is 1.72. The zero-order valence-electron chi connectivity index (χ0n) is 12.5. The summed E-state index contributed by atoms with van der Waals surface area (Å²) >= 11 is 1.79. The van der Waals surface area contributed by atoms with Gasteiger partial charge in [0.1, 0.15) is 0 Å². The van der Waals surface area contributed by atoms with Crippen molar-refractivity contribution in [3.8, 4) is 0 Å². The predicted octanol–water partition coefficient (Wildman–Crippen LogP) is 2.44. The van der Waals surface area contributed by atoms with Crippen LogP contribution in [0.1, 0.15) is 43.3 Å². The first kappa shape index (κ1) is 15.4. The number of hydrogen-bond acceptors (Lipinski definition) is 4. The van der Waals surface area contributed by atoms with E-state index in [2.05, 4.69) is 22.5 Å². The minimum atomic E-state index is 0.195. The van der Waals surface area contributed by atoms with Gasteiger partial charge in [-0.3, -0.25) is 9.69 Å². The summed E-state index contributed by atoms with van der Waals surface area (Å²) < 4.78 is 0. The van der Waals surface area contributed by atoms with Crippen molar-refractivity contribution in [3.05, 3.63) is 16.1 Å². The van der Waals surface area contributed by atoms with E-state index in [0.29, 0.717) is 0 Å². The number of carbonyl (C=O) groups excluding carboxylic acids is 1. The molecule has 1 fully saturated rings. The summed E-state index contributed by atoms with van der Waals surface area (Å²) in [5.74, 6) is 0.395. The van der Waals surface area contributed by atoms with Gasteiger partial charge in [-0.1, -0.05) is 13.3 Å². The molecule has 0 aliphatic carbocycles. The molecule has 112 valence electrons. The van der Waals surface area contributed by atoms with Crippen molar-refractivity contribution in [2.24, 2.45) is 5.92 Å². The second kappa shape index (κ2) is 7.74. The van der Waals surface area contributed by atoms with Crippen LogP contribution in [-0.4, -0.2) is 35.9 Å². The van der Waals surface area contributed by atoms with Crippen LogP contribution in [0, 0.1) is 5.92 Å². The summed E-state index contributed by atoms with van der Waals surface area (Å²) in [5, 5.41) is 6.21. The van der Waals surface area contributed by atoms with Crippen LogP contribution in [0.15, 0.2) is 5.38 Å². The summed E-state index contributed by atoms with van der Waals surface area (Å²) in [6.07, 6.45) is 5.49. The van der Waals surface area contributed by atoms with E-state index in [1.165, 1.54) is 23.5 Å². The lowest BCUT2D eigenvalue weighted by Gasteiger charge is -2.30. The van der Waals surface area contributed by atoms with Crippen LogP contribution >= 0.6 is 11.3 Å². The third kappa shape index (κ3) is 4.28. The Bertz CT molecular complexity index is 425. The van der Waals surface area contributed by atoms with E-state index in [9.17, 15) is 4.79 Å². The normalized spacial score (nSPS) is 17.3. The lowest BCUT2D eigenvalue weighted by Crippen LogP contribution is -2.39. The highest BCUT2D eigenvalue weighted by Crippen LogP contribution is 2.20. The number of carbonyl (C=O) groups is 1. The Morgan fingerprint density at radius 3 is 2.90 bits per heavy atom. The van der Waals surface area contributed by atoms with Gasteiger partial charge in [-0.15, -0.1) is 11.3 Å². The Morgan fingerprint density at radius 2 is 2.25 bits per heavy atom. The third-order valence-electron chi connectivity index (χ3n) is 3.93. The Labute approximate surface area is 125 Å². The summed E-state index contributed by atoms with van der Waals surface area (Å²) in [6.45, 7) is 5.15. The molecular weight excluding hydrogens is 270 g/mol. The molecule has 0 bridgehead atoms. The fraction of sp³-hybridized carbons (Fsp3) is 0.733. The van der Waals surface area contributed by atoms with Crippen molar-refractivity contribution in [1.82, 2.24) is 15.2 Å². The van der Waals surface area contributed by atoms with E-state index in [1.54, 1.807) is 18.4 Å². The van der Waals surface area contributed by atoms with Crippen molar-refractivity contribution >= 4 is 17.2 Å². The smallest absolute Gasteiger partial charge is 0.222 e. The number of likely N-dealkylation sites (tertiary alicyclic amines) is 1. The second-order valence-corrected chi connectivity index (χ2v) is 6.44. The zero-order valence-corrected chi connectivity index (χ0v) is 13.3. The van der Waals surface area contributed by atoms with Crippen LogP contribution in [0.2, 0.25) is 0 Å². The average molecular weight is 295 g/mol. The van der Waals surface area contributed by atoms with E-state index in [0.717, 1.165) is 38.9 Å². The number of aromatic nitrogens is 1. The third-order valence-corrected chi connectivity index (χ3v) is 4.89. The number of amides is 1. The molecule has 1 N–H and O–H groups in total. The fourth-order valence-corrected chi connectivity index (χ4v) is 3.48. The van der Waals surface area contributed by atoms with Crippen LogP contribution < -0.4 is 5.32 Å². The number of rotatable bonds is 6. The van der Waals surface area contributed by atoms with Crippen molar-refractivity contribution in [1.29, 1.82) is 0 Å². The molecule has 0 spiro atoms. The molecule has 0 aromatic carbocycles. The van der Waals surface area contributed by atoms with E-state index in [-0.39, 0.29) is 11.8 Å². The van der Waals surface area contributed by atoms with Gasteiger partial charge in [-0.05, 0) is 38.8 Å². The Hall–Kier alpha value is -0.940. The Balaban J connectivity index is 1.77. The quantitative estimate of drug-likeness (QED) is 0.877. The first-order valence-corrected chi connectivity index (χ1v) is 8.48. The molecule has 20 heavy (non-hydrogen) atoms. The van der Waals surface area contributed by atoms with Crippen LogP contribution in [-0.2, 0) is 17.8 Å².